The average molecular weight is 365 g/mol. The molecular weight excluding hydrogens is 328 g/mol. The van der Waals surface area contributed by atoms with E-state index in [9.17, 15) is 0 Å². The molecule has 0 amide bonds. The van der Waals surface area contributed by atoms with Crippen molar-refractivity contribution in [3.05, 3.63) is 11.7 Å². The maximum atomic E-state index is 5.29. The quantitative estimate of drug-likeness (QED) is 0.419. The molecule has 0 radical (unpaired) electrons. The summed E-state index contributed by atoms with van der Waals surface area (Å²) in [5, 5.41) is 11.0. The Balaban J connectivity index is 1.75. The largest absolute Gasteiger partial charge is 0.357 e. The number of likely N-dealkylation sites (tertiary alicyclic amines) is 1. The Morgan fingerprint density at radius 2 is 2.00 bits per heavy atom. The van der Waals surface area contributed by atoms with E-state index < -0.39 is 0 Å². The molecule has 0 saturated carbocycles. The van der Waals surface area contributed by atoms with Crippen LogP contribution in [-0.2, 0) is 6.42 Å². The summed E-state index contributed by atoms with van der Waals surface area (Å²) >= 11 is 0. The monoisotopic (exact) mass is 364 g/mol. The van der Waals surface area contributed by atoms with E-state index in [4.69, 9.17) is 9.52 Å². The second kappa shape index (κ2) is 10.5. The Hall–Kier alpha value is -1.63. The van der Waals surface area contributed by atoms with Crippen LogP contribution in [0.1, 0.15) is 71.5 Å². The third-order valence-electron chi connectivity index (χ3n) is 4.76. The first-order valence-electron chi connectivity index (χ1n) is 10.1. The van der Waals surface area contributed by atoms with Crippen molar-refractivity contribution in [2.45, 2.75) is 78.3 Å². The molecule has 1 aliphatic heterocycles. The van der Waals surface area contributed by atoms with Crippen LogP contribution in [0.25, 0.3) is 0 Å². The Morgan fingerprint density at radius 1 is 1.27 bits per heavy atom. The van der Waals surface area contributed by atoms with Gasteiger partial charge in [-0.3, -0.25) is 4.99 Å². The Labute approximate surface area is 158 Å². The lowest BCUT2D eigenvalue weighted by Crippen LogP contribution is -2.49. The standard InChI is InChI=1S/C19H36N6O/c1-6-20-19(22-16-9-12-25(13-10-16)15(4)5)21-11-7-8-17-23-18(14(2)3)24-26-17/h14-16H,6-13H2,1-5H3,(H2,20,21,22). The van der Waals surface area contributed by atoms with Gasteiger partial charge in [0.25, 0.3) is 0 Å². The molecule has 1 aromatic heterocycles. The van der Waals surface area contributed by atoms with E-state index in [1.807, 2.05) is 0 Å². The second-order valence-electron chi connectivity index (χ2n) is 7.61. The summed E-state index contributed by atoms with van der Waals surface area (Å²) in [7, 11) is 0. The number of aryl methyl sites for hydroxylation is 1. The Morgan fingerprint density at radius 3 is 2.58 bits per heavy atom. The Bertz CT molecular complexity index is 546. The normalized spacial score (nSPS) is 17.3. The van der Waals surface area contributed by atoms with Gasteiger partial charge in [0.1, 0.15) is 0 Å². The zero-order valence-electron chi connectivity index (χ0n) is 17.1. The van der Waals surface area contributed by atoms with Gasteiger partial charge in [-0.05, 0) is 40.0 Å². The summed E-state index contributed by atoms with van der Waals surface area (Å²) in [4.78, 5) is 11.7. The first-order chi connectivity index (χ1) is 12.5. The van der Waals surface area contributed by atoms with E-state index in [0.717, 1.165) is 50.8 Å². The first kappa shape index (κ1) is 20.7. The minimum absolute atomic E-state index is 0.303. The zero-order chi connectivity index (χ0) is 18.9. The number of hydrogen-bond acceptors (Lipinski definition) is 5. The second-order valence-corrected chi connectivity index (χ2v) is 7.61. The van der Waals surface area contributed by atoms with E-state index in [1.54, 1.807) is 0 Å². The van der Waals surface area contributed by atoms with Gasteiger partial charge in [-0.1, -0.05) is 19.0 Å². The van der Waals surface area contributed by atoms with Crippen LogP contribution < -0.4 is 10.6 Å². The third-order valence-corrected chi connectivity index (χ3v) is 4.76. The van der Waals surface area contributed by atoms with E-state index >= 15 is 0 Å². The van der Waals surface area contributed by atoms with Gasteiger partial charge in [0, 0.05) is 50.6 Å². The lowest BCUT2D eigenvalue weighted by Gasteiger charge is -2.35. The smallest absolute Gasteiger partial charge is 0.226 e. The molecule has 0 bridgehead atoms. The first-order valence-corrected chi connectivity index (χ1v) is 10.1. The van der Waals surface area contributed by atoms with Crippen LogP contribution >= 0.6 is 0 Å². The van der Waals surface area contributed by atoms with Crippen molar-refractivity contribution in [1.29, 1.82) is 0 Å². The highest BCUT2D eigenvalue weighted by Gasteiger charge is 2.21. The molecule has 2 heterocycles. The van der Waals surface area contributed by atoms with E-state index in [2.05, 4.69) is 60.3 Å². The highest BCUT2D eigenvalue weighted by atomic mass is 16.5. The number of guanidine groups is 1. The maximum Gasteiger partial charge on any atom is 0.226 e. The van der Waals surface area contributed by atoms with Crippen LogP contribution in [0, 0.1) is 0 Å². The van der Waals surface area contributed by atoms with Crippen molar-refractivity contribution in [2.24, 2.45) is 4.99 Å². The predicted octanol–water partition coefficient (Wildman–Crippen LogP) is 2.55. The molecule has 148 valence electrons. The SMILES string of the molecule is CCNC(=NCCCc1nc(C(C)C)no1)NC1CCN(C(C)C)CC1. The summed E-state index contributed by atoms with van der Waals surface area (Å²) in [6.07, 6.45) is 4.02. The molecule has 1 fully saturated rings. The summed E-state index contributed by atoms with van der Waals surface area (Å²) in [5.41, 5.74) is 0. The molecule has 26 heavy (non-hydrogen) atoms. The minimum atomic E-state index is 0.303. The van der Waals surface area contributed by atoms with Gasteiger partial charge in [0.15, 0.2) is 11.8 Å². The number of aliphatic imine (C=N–C) groups is 1. The highest BCUT2D eigenvalue weighted by molar-refractivity contribution is 5.80. The number of piperidine rings is 1. The number of nitrogens with zero attached hydrogens (tertiary/aromatic N) is 4. The molecule has 0 aliphatic carbocycles. The van der Waals surface area contributed by atoms with Crippen molar-refractivity contribution in [3.8, 4) is 0 Å². The van der Waals surface area contributed by atoms with Crippen LogP contribution in [0.3, 0.4) is 0 Å². The third kappa shape index (κ3) is 6.59. The Kier molecular flexibility index (Phi) is 8.35. The predicted molar refractivity (Wildman–Crippen MR) is 106 cm³/mol. The molecule has 1 aromatic rings. The zero-order valence-corrected chi connectivity index (χ0v) is 17.1. The number of aromatic nitrogens is 2. The molecule has 7 nitrogen and oxygen atoms in total. The van der Waals surface area contributed by atoms with Crippen molar-refractivity contribution < 1.29 is 4.52 Å². The summed E-state index contributed by atoms with van der Waals surface area (Å²) < 4.78 is 5.29. The number of hydrogen-bond donors (Lipinski definition) is 2. The van der Waals surface area contributed by atoms with Gasteiger partial charge < -0.3 is 20.1 Å². The molecule has 2 N–H and O–H groups in total. The fourth-order valence-corrected chi connectivity index (χ4v) is 3.10. The minimum Gasteiger partial charge on any atom is -0.357 e. The van der Waals surface area contributed by atoms with Crippen molar-refractivity contribution in [3.63, 3.8) is 0 Å². The molecule has 0 unspecified atom stereocenters. The van der Waals surface area contributed by atoms with Gasteiger partial charge >= 0.3 is 0 Å². The molecule has 0 atom stereocenters. The van der Waals surface area contributed by atoms with Gasteiger partial charge in [-0.15, -0.1) is 0 Å². The lowest BCUT2D eigenvalue weighted by molar-refractivity contribution is 0.167. The van der Waals surface area contributed by atoms with Crippen LogP contribution in [0.2, 0.25) is 0 Å². The van der Waals surface area contributed by atoms with E-state index in [1.165, 1.54) is 12.8 Å². The van der Waals surface area contributed by atoms with Crippen LogP contribution in [0.4, 0.5) is 0 Å². The molecule has 2 rings (SSSR count). The van der Waals surface area contributed by atoms with E-state index in [0.29, 0.717) is 23.9 Å². The molecule has 0 spiro atoms. The summed E-state index contributed by atoms with van der Waals surface area (Å²) in [5.74, 6) is 2.72. The van der Waals surface area contributed by atoms with Gasteiger partial charge in [0.2, 0.25) is 5.89 Å². The molecule has 7 heteroatoms. The highest BCUT2D eigenvalue weighted by Crippen LogP contribution is 2.13. The van der Waals surface area contributed by atoms with Crippen molar-refractivity contribution in [2.75, 3.05) is 26.2 Å². The van der Waals surface area contributed by atoms with Crippen molar-refractivity contribution >= 4 is 5.96 Å². The molecule has 1 aliphatic rings. The fourth-order valence-electron chi connectivity index (χ4n) is 3.10. The van der Waals surface area contributed by atoms with Gasteiger partial charge in [0.05, 0.1) is 0 Å². The van der Waals surface area contributed by atoms with Crippen molar-refractivity contribution in [1.82, 2.24) is 25.7 Å². The van der Waals surface area contributed by atoms with Crippen LogP contribution in [-0.4, -0.2) is 59.3 Å². The van der Waals surface area contributed by atoms with Crippen LogP contribution in [0.5, 0.6) is 0 Å². The lowest BCUT2D eigenvalue weighted by atomic mass is 10.0. The average Bonchev–Trinajstić information content (AvgIpc) is 3.08. The molecule has 1 saturated heterocycles. The topological polar surface area (TPSA) is 78.6 Å². The molecular formula is C19H36N6O. The summed E-state index contributed by atoms with van der Waals surface area (Å²) in [6.45, 7) is 14.7. The number of nitrogens with one attached hydrogen (secondary N) is 2. The fraction of sp³-hybridized carbons (Fsp3) is 0.842. The van der Waals surface area contributed by atoms with E-state index in [-0.39, 0.29) is 0 Å². The van der Waals surface area contributed by atoms with Gasteiger partial charge in [-0.25, -0.2) is 0 Å². The number of rotatable bonds is 8. The maximum absolute atomic E-state index is 5.29. The van der Waals surface area contributed by atoms with Crippen LogP contribution in [0.15, 0.2) is 9.52 Å². The molecule has 0 aromatic carbocycles. The summed E-state index contributed by atoms with van der Waals surface area (Å²) in [6, 6.07) is 1.14. The van der Waals surface area contributed by atoms with Gasteiger partial charge in [-0.2, -0.15) is 4.98 Å².